The number of thiophene rings is 1. The van der Waals surface area contributed by atoms with Gasteiger partial charge in [0.1, 0.15) is 4.88 Å². The summed E-state index contributed by atoms with van der Waals surface area (Å²) < 4.78 is 0. The van der Waals surface area contributed by atoms with E-state index in [1.165, 1.54) is 6.07 Å². The van der Waals surface area contributed by atoms with Gasteiger partial charge in [0.25, 0.3) is 5.91 Å². The molecule has 20 heavy (non-hydrogen) atoms. The molecular formula is C15H15NO3S. The van der Waals surface area contributed by atoms with E-state index in [-0.39, 0.29) is 16.8 Å². The second-order valence-corrected chi connectivity index (χ2v) is 5.62. The van der Waals surface area contributed by atoms with Crippen LogP contribution in [0.5, 0.6) is 0 Å². The Bertz CT molecular complexity index is 607. The largest absolute Gasteiger partial charge is 0.477 e. The highest BCUT2D eigenvalue weighted by atomic mass is 32.1. The third-order valence-electron chi connectivity index (χ3n) is 2.80. The molecule has 1 unspecified atom stereocenters. The van der Waals surface area contributed by atoms with Crippen LogP contribution in [0.2, 0.25) is 0 Å². The Morgan fingerprint density at radius 3 is 2.40 bits per heavy atom. The number of carboxylic acid groups (broad SMARTS) is 1. The number of amides is 1. The number of carbonyl (C=O) groups is 2. The number of carboxylic acids is 1. The van der Waals surface area contributed by atoms with Crippen molar-refractivity contribution in [3.63, 3.8) is 0 Å². The molecule has 2 N–H and O–H groups in total. The summed E-state index contributed by atoms with van der Waals surface area (Å²) in [5.74, 6) is -1.24. The van der Waals surface area contributed by atoms with Crippen molar-refractivity contribution in [1.82, 2.24) is 5.32 Å². The van der Waals surface area contributed by atoms with Crippen molar-refractivity contribution in [2.75, 3.05) is 0 Å². The molecule has 1 aromatic heterocycles. The average molecular weight is 289 g/mol. The predicted molar refractivity (Wildman–Crippen MR) is 78.4 cm³/mol. The molecule has 104 valence electrons. The summed E-state index contributed by atoms with van der Waals surface area (Å²) in [7, 11) is 0. The van der Waals surface area contributed by atoms with Crippen LogP contribution in [-0.2, 0) is 6.42 Å². The molecule has 1 heterocycles. The molecule has 5 heteroatoms. The molecular weight excluding hydrogens is 274 g/mol. The van der Waals surface area contributed by atoms with Crippen molar-refractivity contribution in [3.05, 3.63) is 57.8 Å². The summed E-state index contributed by atoms with van der Waals surface area (Å²) in [4.78, 5) is 23.4. The van der Waals surface area contributed by atoms with E-state index in [1.807, 2.05) is 37.3 Å². The maximum absolute atomic E-state index is 12.0. The maximum Gasteiger partial charge on any atom is 0.345 e. The molecule has 1 amide bonds. The number of carbonyl (C=O) groups excluding carboxylic acids is 1. The molecule has 0 aliphatic heterocycles. The van der Waals surface area contributed by atoms with Gasteiger partial charge in [0, 0.05) is 6.04 Å². The molecule has 0 aliphatic carbocycles. The summed E-state index contributed by atoms with van der Waals surface area (Å²) >= 11 is 0.986. The molecule has 0 bridgehead atoms. The second-order valence-electron chi connectivity index (χ2n) is 4.53. The maximum atomic E-state index is 12.0. The van der Waals surface area contributed by atoms with Crippen molar-refractivity contribution in [2.24, 2.45) is 0 Å². The zero-order chi connectivity index (χ0) is 14.5. The van der Waals surface area contributed by atoms with Crippen molar-refractivity contribution < 1.29 is 14.7 Å². The summed E-state index contributed by atoms with van der Waals surface area (Å²) in [6, 6.07) is 12.9. The Morgan fingerprint density at radius 1 is 1.15 bits per heavy atom. The summed E-state index contributed by atoms with van der Waals surface area (Å²) in [6.45, 7) is 1.93. The van der Waals surface area contributed by atoms with E-state index in [1.54, 1.807) is 6.07 Å². The van der Waals surface area contributed by atoms with Gasteiger partial charge in [-0.15, -0.1) is 11.3 Å². The molecule has 1 atom stereocenters. The molecule has 0 radical (unpaired) electrons. The van der Waals surface area contributed by atoms with E-state index in [4.69, 9.17) is 5.11 Å². The minimum Gasteiger partial charge on any atom is -0.477 e. The smallest absolute Gasteiger partial charge is 0.345 e. The number of hydrogen-bond acceptors (Lipinski definition) is 3. The first-order valence-electron chi connectivity index (χ1n) is 6.24. The van der Waals surface area contributed by atoms with Crippen LogP contribution in [0.25, 0.3) is 0 Å². The molecule has 2 rings (SSSR count). The molecule has 2 aromatic rings. The zero-order valence-corrected chi connectivity index (χ0v) is 11.8. The van der Waals surface area contributed by atoms with E-state index >= 15 is 0 Å². The molecule has 0 saturated carbocycles. The van der Waals surface area contributed by atoms with Crippen molar-refractivity contribution in [1.29, 1.82) is 0 Å². The van der Waals surface area contributed by atoms with Crippen LogP contribution >= 0.6 is 11.3 Å². The first kappa shape index (κ1) is 14.3. The third-order valence-corrected chi connectivity index (χ3v) is 3.87. The average Bonchev–Trinajstić information content (AvgIpc) is 2.89. The third kappa shape index (κ3) is 3.68. The normalized spacial score (nSPS) is 11.8. The van der Waals surface area contributed by atoms with E-state index in [2.05, 4.69) is 5.32 Å². The lowest BCUT2D eigenvalue weighted by atomic mass is 10.1. The lowest BCUT2D eigenvalue weighted by Crippen LogP contribution is -2.33. The molecule has 0 aliphatic rings. The van der Waals surface area contributed by atoms with Crippen LogP contribution in [0.4, 0.5) is 0 Å². The Kier molecular flexibility index (Phi) is 4.53. The molecule has 1 aromatic carbocycles. The Labute approximate surface area is 121 Å². The minimum atomic E-state index is -1.01. The number of benzene rings is 1. The van der Waals surface area contributed by atoms with Crippen molar-refractivity contribution >= 4 is 23.2 Å². The lowest BCUT2D eigenvalue weighted by Gasteiger charge is -2.13. The highest BCUT2D eigenvalue weighted by molar-refractivity contribution is 7.15. The van der Waals surface area contributed by atoms with Gasteiger partial charge < -0.3 is 10.4 Å². The van der Waals surface area contributed by atoms with Crippen LogP contribution in [0.1, 0.15) is 31.8 Å². The Morgan fingerprint density at radius 2 is 1.80 bits per heavy atom. The molecule has 0 spiro atoms. The lowest BCUT2D eigenvalue weighted by molar-refractivity contribution is 0.0702. The van der Waals surface area contributed by atoms with Gasteiger partial charge in [-0.3, -0.25) is 4.79 Å². The van der Waals surface area contributed by atoms with E-state index < -0.39 is 5.97 Å². The fourth-order valence-electron chi connectivity index (χ4n) is 1.89. The van der Waals surface area contributed by atoms with Gasteiger partial charge in [-0.05, 0) is 31.0 Å². The summed E-state index contributed by atoms with van der Waals surface area (Å²) in [6.07, 6.45) is 0.740. The SMILES string of the molecule is CC(Cc1ccccc1)NC(=O)c1ccc(C(=O)O)s1. The number of rotatable bonds is 5. The van der Waals surface area contributed by atoms with E-state index in [9.17, 15) is 9.59 Å². The standard InChI is InChI=1S/C15H15NO3S/c1-10(9-11-5-3-2-4-6-11)16-14(17)12-7-8-13(20-12)15(18)19/h2-8,10H,9H2,1H3,(H,16,17)(H,18,19). The molecule has 0 fully saturated rings. The Balaban J connectivity index is 1.95. The van der Waals surface area contributed by atoms with Crippen molar-refractivity contribution in [3.8, 4) is 0 Å². The molecule has 4 nitrogen and oxygen atoms in total. The highest BCUT2D eigenvalue weighted by Crippen LogP contribution is 2.16. The summed E-state index contributed by atoms with van der Waals surface area (Å²) in [5, 5.41) is 11.7. The Hall–Kier alpha value is -2.14. The van der Waals surface area contributed by atoms with Crippen LogP contribution in [0, 0.1) is 0 Å². The van der Waals surface area contributed by atoms with Crippen LogP contribution in [-0.4, -0.2) is 23.0 Å². The fourth-order valence-corrected chi connectivity index (χ4v) is 2.64. The van der Waals surface area contributed by atoms with Gasteiger partial charge in [-0.25, -0.2) is 4.79 Å². The predicted octanol–water partition coefficient (Wildman–Crippen LogP) is 2.81. The quantitative estimate of drug-likeness (QED) is 0.889. The van der Waals surface area contributed by atoms with Gasteiger partial charge in [0.2, 0.25) is 0 Å². The first-order valence-corrected chi connectivity index (χ1v) is 7.06. The zero-order valence-electron chi connectivity index (χ0n) is 11.0. The van der Waals surface area contributed by atoms with Gasteiger partial charge in [0.15, 0.2) is 0 Å². The van der Waals surface area contributed by atoms with Crippen LogP contribution in [0.3, 0.4) is 0 Å². The number of hydrogen-bond donors (Lipinski definition) is 2. The highest BCUT2D eigenvalue weighted by Gasteiger charge is 2.14. The van der Waals surface area contributed by atoms with Gasteiger partial charge in [0.05, 0.1) is 4.88 Å². The van der Waals surface area contributed by atoms with Crippen molar-refractivity contribution in [2.45, 2.75) is 19.4 Å². The minimum absolute atomic E-state index is 0.0136. The number of nitrogens with one attached hydrogen (secondary N) is 1. The van der Waals surface area contributed by atoms with E-state index in [0.29, 0.717) is 4.88 Å². The topological polar surface area (TPSA) is 66.4 Å². The second kappa shape index (κ2) is 6.34. The van der Waals surface area contributed by atoms with E-state index in [0.717, 1.165) is 23.3 Å². The monoisotopic (exact) mass is 289 g/mol. The molecule has 0 saturated heterocycles. The van der Waals surface area contributed by atoms with Crippen LogP contribution in [0.15, 0.2) is 42.5 Å². The van der Waals surface area contributed by atoms with Gasteiger partial charge >= 0.3 is 5.97 Å². The van der Waals surface area contributed by atoms with Crippen LogP contribution < -0.4 is 5.32 Å². The number of aromatic carboxylic acids is 1. The fraction of sp³-hybridized carbons (Fsp3) is 0.200. The summed E-state index contributed by atoms with van der Waals surface area (Å²) in [5.41, 5.74) is 1.15. The first-order chi connectivity index (χ1) is 9.56. The van der Waals surface area contributed by atoms with Gasteiger partial charge in [-0.2, -0.15) is 0 Å². The van der Waals surface area contributed by atoms with Gasteiger partial charge in [-0.1, -0.05) is 30.3 Å².